The Morgan fingerprint density at radius 3 is 2.64 bits per heavy atom. The van der Waals surface area contributed by atoms with Crippen LogP contribution < -0.4 is 10.6 Å². The summed E-state index contributed by atoms with van der Waals surface area (Å²) in [5.74, 6) is -0.387. The Morgan fingerprint density at radius 1 is 1.23 bits per heavy atom. The number of pyridine rings is 1. The first-order valence-corrected chi connectivity index (χ1v) is 7.32. The van der Waals surface area contributed by atoms with E-state index in [1.165, 1.54) is 12.4 Å². The lowest BCUT2D eigenvalue weighted by molar-refractivity contribution is -0.120. The number of aromatic nitrogens is 3. The smallest absolute Gasteiger partial charge is 0.293 e. The molecular formula is C14H14BrN5O2. The van der Waals surface area contributed by atoms with Crippen molar-refractivity contribution in [3.8, 4) is 0 Å². The molecule has 2 rings (SSSR count). The molecule has 0 aromatic carbocycles. The summed E-state index contributed by atoms with van der Waals surface area (Å²) in [6, 6.07) is 3.39. The molecule has 22 heavy (non-hydrogen) atoms. The van der Waals surface area contributed by atoms with E-state index in [0.29, 0.717) is 23.0 Å². The quantitative estimate of drug-likeness (QED) is 0.840. The Bertz CT molecular complexity index is 675. The predicted molar refractivity (Wildman–Crippen MR) is 84.3 cm³/mol. The van der Waals surface area contributed by atoms with E-state index in [0.717, 1.165) is 5.69 Å². The second-order valence-corrected chi connectivity index (χ2v) is 5.30. The zero-order chi connectivity index (χ0) is 15.9. The SMILES string of the molecule is CNC(=O)CCc1cc(NC(=O)c2ncc(Br)cn2)ccn1. The molecule has 0 spiro atoms. The van der Waals surface area contributed by atoms with Gasteiger partial charge in [0.1, 0.15) is 0 Å². The first kappa shape index (κ1) is 16.0. The van der Waals surface area contributed by atoms with Crippen molar-refractivity contribution in [2.75, 3.05) is 12.4 Å². The molecule has 2 N–H and O–H groups in total. The van der Waals surface area contributed by atoms with Gasteiger partial charge in [0, 0.05) is 43.4 Å². The highest BCUT2D eigenvalue weighted by atomic mass is 79.9. The second kappa shape index (κ2) is 7.60. The van der Waals surface area contributed by atoms with E-state index in [9.17, 15) is 9.59 Å². The van der Waals surface area contributed by atoms with Crippen LogP contribution in [0.25, 0.3) is 0 Å². The van der Waals surface area contributed by atoms with E-state index in [1.807, 2.05) is 0 Å². The van der Waals surface area contributed by atoms with Gasteiger partial charge in [0.25, 0.3) is 5.91 Å². The number of hydrogen-bond donors (Lipinski definition) is 2. The van der Waals surface area contributed by atoms with Crippen LogP contribution in [0.5, 0.6) is 0 Å². The van der Waals surface area contributed by atoms with Gasteiger partial charge >= 0.3 is 0 Å². The number of carbonyl (C=O) groups is 2. The van der Waals surface area contributed by atoms with Crippen molar-refractivity contribution >= 4 is 33.4 Å². The van der Waals surface area contributed by atoms with Crippen molar-refractivity contribution in [1.29, 1.82) is 0 Å². The number of nitrogens with one attached hydrogen (secondary N) is 2. The lowest BCUT2D eigenvalue weighted by Crippen LogP contribution is -2.18. The number of anilines is 1. The Labute approximate surface area is 135 Å². The van der Waals surface area contributed by atoms with Crippen LogP contribution in [0, 0.1) is 0 Å². The van der Waals surface area contributed by atoms with Gasteiger partial charge in [-0.3, -0.25) is 14.6 Å². The third-order valence-corrected chi connectivity index (χ3v) is 3.19. The average Bonchev–Trinajstić information content (AvgIpc) is 2.53. The van der Waals surface area contributed by atoms with Gasteiger partial charge in [-0.25, -0.2) is 9.97 Å². The monoisotopic (exact) mass is 363 g/mol. The molecular weight excluding hydrogens is 350 g/mol. The molecule has 0 atom stereocenters. The molecule has 0 radical (unpaired) electrons. The van der Waals surface area contributed by atoms with Gasteiger partial charge in [0.15, 0.2) is 0 Å². The van der Waals surface area contributed by atoms with Gasteiger partial charge in [0.2, 0.25) is 11.7 Å². The van der Waals surface area contributed by atoms with Crippen LogP contribution in [0.4, 0.5) is 5.69 Å². The van der Waals surface area contributed by atoms with Gasteiger partial charge in [0.05, 0.1) is 4.47 Å². The second-order valence-electron chi connectivity index (χ2n) is 4.39. The molecule has 8 heteroatoms. The van der Waals surface area contributed by atoms with E-state index >= 15 is 0 Å². The zero-order valence-corrected chi connectivity index (χ0v) is 13.4. The maximum atomic E-state index is 12.0. The van der Waals surface area contributed by atoms with Crippen molar-refractivity contribution in [3.05, 3.63) is 46.7 Å². The van der Waals surface area contributed by atoms with E-state index < -0.39 is 5.91 Å². The summed E-state index contributed by atoms with van der Waals surface area (Å²) in [7, 11) is 1.59. The van der Waals surface area contributed by atoms with Gasteiger partial charge in [-0.15, -0.1) is 0 Å². The summed E-state index contributed by atoms with van der Waals surface area (Å²) in [5.41, 5.74) is 1.30. The van der Waals surface area contributed by atoms with Crippen LogP contribution in [0.15, 0.2) is 35.2 Å². The average molecular weight is 364 g/mol. The normalized spacial score (nSPS) is 10.1. The first-order valence-electron chi connectivity index (χ1n) is 6.53. The lowest BCUT2D eigenvalue weighted by Gasteiger charge is -2.06. The van der Waals surface area contributed by atoms with Crippen molar-refractivity contribution in [1.82, 2.24) is 20.3 Å². The van der Waals surface area contributed by atoms with Crippen molar-refractivity contribution in [3.63, 3.8) is 0 Å². The number of hydrogen-bond acceptors (Lipinski definition) is 5. The number of rotatable bonds is 5. The molecule has 2 aromatic rings. The fourth-order valence-electron chi connectivity index (χ4n) is 1.68. The van der Waals surface area contributed by atoms with Crippen molar-refractivity contribution in [2.45, 2.75) is 12.8 Å². The molecule has 0 bridgehead atoms. The molecule has 114 valence electrons. The fourth-order valence-corrected chi connectivity index (χ4v) is 1.88. The number of nitrogens with zero attached hydrogens (tertiary/aromatic N) is 3. The van der Waals surface area contributed by atoms with Crippen LogP contribution in [-0.4, -0.2) is 33.8 Å². The Morgan fingerprint density at radius 2 is 1.95 bits per heavy atom. The van der Waals surface area contributed by atoms with Crippen LogP contribution in [0.1, 0.15) is 22.7 Å². The van der Waals surface area contributed by atoms with Crippen molar-refractivity contribution < 1.29 is 9.59 Å². The Kier molecular flexibility index (Phi) is 5.54. The number of aryl methyl sites for hydroxylation is 1. The fraction of sp³-hybridized carbons (Fsp3) is 0.214. The third kappa shape index (κ3) is 4.59. The highest BCUT2D eigenvalue weighted by molar-refractivity contribution is 9.10. The van der Waals surface area contributed by atoms with Crippen molar-refractivity contribution in [2.24, 2.45) is 0 Å². The van der Waals surface area contributed by atoms with E-state index in [2.05, 4.69) is 41.5 Å². The van der Waals surface area contributed by atoms with E-state index in [1.54, 1.807) is 25.4 Å². The summed E-state index contributed by atoms with van der Waals surface area (Å²) in [6.45, 7) is 0. The molecule has 7 nitrogen and oxygen atoms in total. The van der Waals surface area contributed by atoms with E-state index in [-0.39, 0.29) is 11.7 Å². The van der Waals surface area contributed by atoms with Gasteiger partial charge in [-0.05, 0) is 34.5 Å². The van der Waals surface area contributed by atoms with E-state index in [4.69, 9.17) is 0 Å². The molecule has 0 fully saturated rings. The first-order chi connectivity index (χ1) is 10.6. The number of carbonyl (C=O) groups excluding carboxylic acids is 2. The maximum absolute atomic E-state index is 12.0. The Balaban J connectivity index is 2.02. The standard InChI is InChI=1S/C14H14BrN5O2/c1-16-12(21)3-2-10-6-11(4-5-17-10)20-14(22)13-18-7-9(15)8-19-13/h4-8H,2-3H2,1H3,(H,16,21)(H,17,20,22). The molecule has 0 aliphatic rings. The largest absolute Gasteiger partial charge is 0.359 e. The summed E-state index contributed by atoms with van der Waals surface area (Å²) in [6.07, 6.45) is 5.43. The minimum atomic E-state index is -0.407. The third-order valence-electron chi connectivity index (χ3n) is 2.78. The topological polar surface area (TPSA) is 96.9 Å². The van der Waals surface area contributed by atoms with Gasteiger partial charge < -0.3 is 10.6 Å². The summed E-state index contributed by atoms with van der Waals surface area (Å²) in [4.78, 5) is 35.3. The van der Waals surface area contributed by atoms with Gasteiger partial charge in [-0.2, -0.15) is 0 Å². The Hall–Kier alpha value is -2.35. The van der Waals surface area contributed by atoms with Crippen LogP contribution in [0.2, 0.25) is 0 Å². The highest BCUT2D eigenvalue weighted by Gasteiger charge is 2.10. The molecule has 0 aliphatic heterocycles. The van der Waals surface area contributed by atoms with Crippen LogP contribution >= 0.6 is 15.9 Å². The maximum Gasteiger partial charge on any atom is 0.293 e. The van der Waals surface area contributed by atoms with Crippen LogP contribution in [0.3, 0.4) is 0 Å². The number of halogens is 1. The lowest BCUT2D eigenvalue weighted by atomic mass is 10.2. The summed E-state index contributed by atoms with van der Waals surface area (Å²) < 4.78 is 0.699. The molecule has 2 heterocycles. The molecule has 0 saturated carbocycles. The molecule has 0 saturated heterocycles. The molecule has 0 unspecified atom stereocenters. The number of amides is 2. The van der Waals surface area contributed by atoms with Crippen LogP contribution in [-0.2, 0) is 11.2 Å². The minimum absolute atomic E-state index is 0.0560. The molecule has 2 amide bonds. The zero-order valence-electron chi connectivity index (χ0n) is 11.8. The summed E-state index contributed by atoms with van der Waals surface area (Å²) in [5, 5.41) is 5.25. The molecule has 2 aromatic heterocycles. The summed E-state index contributed by atoms with van der Waals surface area (Å²) >= 11 is 3.21. The van der Waals surface area contributed by atoms with Gasteiger partial charge in [-0.1, -0.05) is 0 Å². The highest BCUT2D eigenvalue weighted by Crippen LogP contribution is 2.11. The minimum Gasteiger partial charge on any atom is -0.359 e. The predicted octanol–water partition coefficient (Wildman–Crippen LogP) is 1.56. The molecule has 0 aliphatic carbocycles.